The zero-order valence-corrected chi connectivity index (χ0v) is 10.4. The highest BCUT2D eigenvalue weighted by atomic mass is 19.1. The van der Waals surface area contributed by atoms with E-state index in [9.17, 15) is 8.78 Å². The van der Waals surface area contributed by atoms with Crippen molar-refractivity contribution < 1.29 is 13.5 Å². The third kappa shape index (κ3) is 4.17. The van der Waals surface area contributed by atoms with Gasteiger partial charge in [-0.1, -0.05) is 39.7 Å². The fraction of sp³-hybridized carbons (Fsp3) is 0.538. The minimum absolute atomic E-state index is 0.297. The Hall–Kier alpha value is -1.12. The molecule has 0 saturated carbocycles. The van der Waals surface area contributed by atoms with Crippen LogP contribution in [0.15, 0.2) is 12.1 Å². The van der Waals surface area contributed by atoms with Crippen LogP contribution in [0.5, 0.6) is 5.75 Å². The molecule has 0 aromatic heterocycles. The minimum Gasteiger partial charge on any atom is -0.491 e. The molecule has 0 aliphatic heterocycles. The van der Waals surface area contributed by atoms with Crippen LogP contribution in [0, 0.1) is 11.6 Å². The van der Waals surface area contributed by atoms with E-state index in [-0.39, 0.29) is 5.75 Å². The first-order valence-corrected chi connectivity index (χ1v) is 5.63. The summed E-state index contributed by atoms with van der Waals surface area (Å²) in [6.45, 7) is 6.16. The van der Waals surface area contributed by atoms with Gasteiger partial charge in [0.05, 0.1) is 7.11 Å². The van der Waals surface area contributed by atoms with Crippen molar-refractivity contribution in [3.8, 4) is 5.75 Å². The van der Waals surface area contributed by atoms with E-state index in [1.165, 1.54) is 32.1 Å². The number of benzene rings is 1. The molecule has 1 aromatic rings. The van der Waals surface area contributed by atoms with Crippen molar-refractivity contribution >= 4 is 0 Å². The van der Waals surface area contributed by atoms with E-state index >= 15 is 0 Å². The van der Waals surface area contributed by atoms with Gasteiger partial charge in [0.15, 0.2) is 17.4 Å². The summed E-state index contributed by atoms with van der Waals surface area (Å²) in [7, 11) is 1.25. The Labute approximate surface area is 96.4 Å². The Morgan fingerprint density at radius 2 is 1.62 bits per heavy atom. The quantitative estimate of drug-likeness (QED) is 0.750. The average Bonchev–Trinajstić information content (AvgIpc) is 2.30. The number of methoxy groups -OCH3 is 1. The molecular weight excluding hydrogens is 210 g/mol. The molecule has 92 valence electrons. The third-order valence-electron chi connectivity index (χ3n) is 2.21. The van der Waals surface area contributed by atoms with Crippen molar-refractivity contribution in [2.45, 2.75) is 40.0 Å². The van der Waals surface area contributed by atoms with Crippen molar-refractivity contribution in [1.82, 2.24) is 0 Å². The fourth-order valence-electron chi connectivity index (χ4n) is 1.03. The van der Waals surface area contributed by atoms with Crippen LogP contribution in [0.25, 0.3) is 0 Å². The van der Waals surface area contributed by atoms with Crippen LogP contribution in [-0.2, 0) is 6.42 Å². The van der Waals surface area contributed by atoms with E-state index in [2.05, 4.69) is 18.6 Å². The molecule has 0 fully saturated rings. The Morgan fingerprint density at radius 1 is 1.06 bits per heavy atom. The monoisotopic (exact) mass is 230 g/mol. The molecular formula is C13H20F2O. The molecule has 0 heterocycles. The molecule has 0 radical (unpaired) electrons. The zero-order valence-electron chi connectivity index (χ0n) is 10.4. The van der Waals surface area contributed by atoms with Gasteiger partial charge in [-0.05, 0) is 18.1 Å². The second-order valence-corrected chi connectivity index (χ2v) is 3.41. The van der Waals surface area contributed by atoms with Crippen LogP contribution >= 0.6 is 0 Å². The summed E-state index contributed by atoms with van der Waals surface area (Å²) < 4.78 is 30.5. The molecule has 0 saturated heterocycles. The number of halogens is 2. The van der Waals surface area contributed by atoms with E-state index in [4.69, 9.17) is 0 Å². The van der Waals surface area contributed by atoms with Crippen LogP contribution < -0.4 is 4.74 Å². The molecule has 0 spiro atoms. The molecule has 1 rings (SSSR count). The summed E-state index contributed by atoms with van der Waals surface area (Å²) in [6.07, 6.45) is 3.17. The van der Waals surface area contributed by atoms with E-state index in [0.717, 1.165) is 0 Å². The molecule has 0 unspecified atom stereocenters. The molecule has 0 bridgehead atoms. The SMILES string of the molecule is CCCC.CCc1ccc(F)c(OC)c1F. The standard InChI is InChI=1S/C9H10F2O.C4H10/c1-3-6-4-5-7(10)9(12-2)8(6)11;1-3-4-2/h4-5H,3H2,1-2H3;3-4H2,1-2H3. The summed E-state index contributed by atoms with van der Waals surface area (Å²) in [4.78, 5) is 0. The molecule has 0 aliphatic carbocycles. The van der Waals surface area contributed by atoms with Crippen LogP contribution in [-0.4, -0.2) is 7.11 Å². The highest BCUT2D eigenvalue weighted by molar-refractivity contribution is 5.32. The molecule has 1 aromatic carbocycles. The van der Waals surface area contributed by atoms with Crippen molar-refractivity contribution in [1.29, 1.82) is 0 Å². The van der Waals surface area contributed by atoms with Crippen molar-refractivity contribution in [2.75, 3.05) is 7.11 Å². The summed E-state index contributed by atoms with van der Waals surface area (Å²) in [6, 6.07) is 2.63. The zero-order chi connectivity index (χ0) is 12.6. The van der Waals surface area contributed by atoms with E-state index in [1.54, 1.807) is 6.92 Å². The van der Waals surface area contributed by atoms with Gasteiger partial charge in [-0.2, -0.15) is 0 Å². The number of ether oxygens (including phenoxy) is 1. The largest absolute Gasteiger partial charge is 0.491 e. The minimum atomic E-state index is -0.660. The first kappa shape index (κ1) is 14.9. The Bertz CT molecular complexity index is 309. The van der Waals surface area contributed by atoms with Gasteiger partial charge in [0.25, 0.3) is 0 Å². The fourth-order valence-corrected chi connectivity index (χ4v) is 1.03. The van der Waals surface area contributed by atoms with Crippen molar-refractivity contribution in [3.63, 3.8) is 0 Å². The van der Waals surface area contributed by atoms with Crippen LogP contribution in [0.4, 0.5) is 8.78 Å². The number of rotatable bonds is 3. The average molecular weight is 230 g/mol. The lowest BCUT2D eigenvalue weighted by Gasteiger charge is -2.05. The van der Waals surface area contributed by atoms with Gasteiger partial charge in [0.2, 0.25) is 0 Å². The molecule has 1 nitrogen and oxygen atoms in total. The van der Waals surface area contributed by atoms with Gasteiger partial charge in [-0.25, -0.2) is 8.78 Å². The van der Waals surface area contributed by atoms with Crippen molar-refractivity contribution in [3.05, 3.63) is 29.3 Å². The highest BCUT2D eigenvalue weighted by Gasteiger charge is 2.12. The van der Waals surface area contributed by atoms with Crippen LogP contribution in [0.3, 0.4) is 0 Å². The van der Waals surface area contributed by atoms with E-state index in [1.807, 2.05) is 0 Å². The Balaban J connectivity index is 0.000000487. The highest BCUT2D eigenvalue weighted by Crippen LogP contribution is 2.24. The normalized spacial score (nSPS) is 9.38. The molecule has 0 amide bonds. The van der Waals surface area contributed by atoms with E-state index < -0.39 is 11.6 Å². The number of aryl methyl sites for hydroxylation is 1. The summed E-state index contributed by atoms with van der Waals surface area (Å²) in [5, 5.41) is 0. The summed E-state index contributed by atoms with van der Waals surface area (Å²) in [5.74, 6) is -1.55. The smallest absolute Gasteiger partial charge is 0.190 e. The number of hydrogen-bond acceptors (Lipinski definition) is 1. The summed E-state index contributed by atoms with van der Waals surface area (Å²) in [5.41, 5.74) is 0.466. The Kier molecular flexibility index (Phi) is 7.52. The molecule has 3 heteroatoms. The molecule has 0 aliphatic rings. The molecule has 16 heavy (non-hydrogen) atoms. The van der Waals surface area contributed by atoms with Gasteiger partial charge < -0.3 is 4.74 Å². The van der Waals surface area contributed by atoms with Crippen molar-refractivity contribution in [2.24, 2.45) is 0 Å². The molecule has 0 N–H and O–H groups in total. The van der Waals surface area contributed by atoms with Gasteiger partial charge in [0.1, 0.15) is 0 Å². The lowest BCUT2D eigenvalue weighted by molar-refractivity contribution is 0.358. The van der Waals surface area contributed by atoms with E-state index in [0.29, 0.717) is 12.0 Å². The first-order chi connectivity index (χ1) is 7.62. The number of hydrogen-bond donors (Lipinski definition) is 0. The Morgan fingerprint density at radius 3 is 2.00 bits per heavy atom. The lowest BCUT2D eigenvalue weighted by atomic mass is 10.1. The van der Waals surface area contributed by atoms with Gasteiger partial charge in [-0.3, -0.25) is 0 Å². The lowest BCUT2D eigenvalue weighted by Crippen LogP contribution is -1.96. The maximum absolute atomic E-state index is 13.2. The third-order valence-corrected chi connectivity index (χ3v) is 2.21. The van der Waals surface area contributed by atoms with Crippen LogP contribution in [0.1, 0.15) is 39.2 Å². The first-order valence-electron chi connectivity index (χ1n) is 5.63. The van der Waals surface area contributed by atoms with Gasteiger partial charge in [-0.15, -0.1) is 0 Å². The predicted molar refractivity (Wildman–Crippen MR) is 62.9 cm³/mol. The van der Waals surface area contributed by atoms with Gasteiger partial charge in [0, 0.05) is 0 Å². The van der Waals surface area contributed by atoms with Crippen LogP contribution in [0.2, 0.25) is 0 Å². The second kappa shape index (κ2) is 8.08. The maximum Gasteiger partial charge on any atom is 0.190 e. The maximum atomic E-state index is 13.2. The topological polar surface area (TPSA) is 9.23 Å². The summed E-state index contributed by atoms with van der Waals surface area (Å²) >= 11 is 0. The second-order valence-electron chi connectivity index (χ2n) is 3.41. The molecule has 0 atom stereocenters. The number of unbranched alkanes of at least 4 members (excludes halogenated alkanes) is 1. The predicted octanol–water partition coefficient (Wildman–Crippen LogP) is 4.34. The van der Waals surface area contributed by atoms with Gasteiger partial charge >= 0.3 is 0 Å².